The van der Waals surface area contributed by atoms with Gasteiger partial charge in [0, 0.05) is 13.1 Å². The van der Waals surface area contributed by atoms with Gasteiger partial charge in [0.1, 0.15) is 18.8 Å². The molecule has 2 aromatic rings. The van der Waals surface area contributed by atoms with E-state index in [-0.39, 0.29) is 27.7 Å². The first kappa shape index (κ1) is 23.1. The van der Waals surface area contributed by atoms with E-state index in [1.54, 1.807) is 30.3 Å². The molecule has 0 heterocycles. The fraction of sp³-hybridized carbons (Fsp3) is 0.409. The predicted octanol–water partition coefficient (Wildman–Crippen LogP) is 2.90. The number of urea groups is 1. The quantitative estimate of drug-likeness (QED) is 0.602. The SMILES string of the molecule is CC(C)[N+](CCN(C)Cc1ccccc1)(CCS(=O)(=O)c1ccccc1)C(N)=O. The Bertz CT molecular complexity index is 886. The van der Waals surface area contributed by atoms with E-state index < -0.39 is 15.9 Å². The summed E-state index contributed by atoms with van der Waals surface area (Å²) >= 11 is 0. The molecule has 7 heteroatoms. The molecule has 1 atom stereocenters. The minimum Gasteiger partial charge on any atom is -0.319 e. The van der Waals surface area contributed by atoms with Gasteiger partial charge in [0.2, 0.25) is 0 Å². The first-order valence-corrected chi connectivity index (χ1v) is 11.5. The van der Waals surface area contributed by atoms with E-state index in [1.807, 2.05) is 39.1 Å². The lowest BCUT2D eigenvalue weighted by Crippen LogP contribution is -2.63. The van der Waals surface area contributed by atoms with E-state index in [4.69, 9.17) is 5.73 Å². The molecule has 0 saturated carbocycles. The second-order valence-corrected chi connectivity index (χ2v) is 9.88. The zero-order valence-corrected chi connectivity index (χ0v) is 18.3. The second-order valence-electron chi connectivity index (χ2n) is 7.77. The zero-order valence-electron chi connectivity index (χ0n) is 17.5. The first-order valence-electron chi connectivity index (χ1n) is 9.84. The molecule has 0 aliphatic carbocycles. The van der Waals surface area contributed by atoms with Gasteiger partial charge in [-0.05, 0) is 38.6 Å². The van der Waals surface area contributed by atoms with Crippen LogP contribution in [0.25, 0.3) is 0 Å². The molecular weight excluding hydrogens is 386 g/mol. The molecule has 1 unspecified atom stereocenters. The molecule has 2 rings (SSSR count). The highest BCUT2D eigenvalue weighted by Crippen LogP contribution is 2.18. The lowest BCUT2D eigenvalue weighted by atomic mass is 10.2. The smallest absolute Gasteiger partial charge is 0.319 e. The monoisotopic (exact) mass is 418 g/mol. The standard InChI is InChI=1S/C22H31N3O3S/c1-19(2)25(22(23)26,15-14-24(3)18-20-10-6-4-7-11-20)16-17-29(27,28)21-12-8-5-9-13-21/h4-13,19H,14-18H2,1-3H3,(H-,23,26)/p+1. The number of benzene rings is 2. The third kappa shape index (κ3) is 6.13. The highest BCUT2D eigenvalue weighted by molar-refractivity contribution is 7.91. The number of nitrogens with zero attached hydrogens (tertiary/aromatic N) is 2. The average molecular weight is 419 g/mol. The summed E-state index contributed by atoms with van der Waals surface area (Å²) in [4.78, 5) is 14.9. The van der Waals surface area contributed by atoms with Gasteiger partial charge in [0.15, 0.2) is 9.84 Å². The summed E-state index contributed by atoms with van der Waals surface area (Å²) in [5, 5.41) is 0. The van der Waals surface area contributed by atoms with Crippen LogP contribution in [0, 0.1) is 0 Å². The van der Waals surface area contributed by atoms with Crippen LogP contribution in [0.3, 0.4) is 0 Å². The minimum atomic E-state index is -3.48. The molecule has 2 aromatic carbocycles. The Hall–Kier alpha value is -2.22. The number of carbonyl (C=O) groups excluding carboxylic acids is 1. The van der Waals surface area contributed by atoms with Crippen molar-refractivity contribution in [3.05, 3.63) is 66.2 Å². The number of primary amides is 1. The van der Waals surface area contributed by atoms with Crippen LogP contribution in [-0.2, 0) is 16.4 Å². The van der Waals surface area contributed by atoms with Crippen LogP contribution >= 0.6 is 0 Å². The van der Waals surface area contributed by atoms with Crippen molar-refractivity contribution in [2.45, 2.75) is 31.3 Å². The van der Waals surface area contributed by atoms with Crippen LogP contribution in [0.4, 0.5) is 4.79 Å². The minimum absolute atomic E-state index is 0.0643. The molecule has 0 aliphatic rings. The number of amides is 2. The highest BCUT2D eigenvalue weighted by atomic mass is 32.2. The van der Waals surface area contributed by atoms with Gasteiger partial charge >= 0.3 is 6.03 Å². The molecule has 2 amide bonds. The lowest BCUT2D eigenvalue weighted by molar-refractivity contribution is -0.868. The van der Waals surface area contributed by atoms with Gasteiger partial charge in [0.25, 0.3) is 0 Å². The number of carbonyl (C=O) groups is 1. The molecule has 2 N–H and O–H groups in total. The Kier molecular flexibility index (Phi) is 7.96. The Morgan fingerprint density at radius 3 is 2.07 bits per heavy atom. The van der Waals surface area contributed by atoms with Crippen molar-refractivity contribution < 1.29 is 17.7 Å². The van der Waals surface area contributed by atoms with Crippen molar-refractivity contribution in [2.75, 3.05) is 32.4 Å². The number of quaternary nitrogens is 1. The topological polar surface area (TPSA) is 80.5 Å². The zero-order chi connectivity index (χ0) is 21.5. The van der Waals surface area contributed by atoms with Crippen LogP contribution in [0.5, 0.6) is 0 Å². The Balaban J connectivity index is 2.11. The predicted molar refractivity (Wildman–Crippen MR) is 116 cm³/mol. The molecule has 29 heavy (non-hydrogen) atoms. The third-order valence-corrected chi connectivity index (χ3v) is 7.18. The van der Waals surface area contributed by atoms with Crippen molar-refractivity contribution in [3.8, 4) is 0 Å². The van der Waals surface area contributed by atoms with Crippen molar-refractivity contribution in [3.63, 3.8) is 0 Å². The van der Waals surface area contributed by atoms with Gasteiger partial charge < -0.3 is 5.73 Å². The van der Waals surface area contributed by atoms with Crippen LogP contribution < -0.4 is 5.73 Å². The molecule has 0 saturated heterocycles. The Morgan fingerprint density at radius 1 is 1.00 bits per heavy atom. The normalized spacial score (nSPS) is 14.1. The van der Waals surface area contributed by atoms with E-state index in [0.717, 1.165) is 6.54 Å². The molecule has 158 valence electrons. The molecule has 6 nitrogen and oxygen atoms in total. The number of likely N-dealkylation sites (N-methyl/N-ethyl adjacent to an activating group) is 1. The fourth-order valence-corrected chi connectivity index (χ4v) is 4.83. The summed E-state index contributed by atoms with van der Waals surface area (Å²) in [6.45, 7) is 5.82. The van der Waals surface area contributed by atoms with Crippen molar-refractivity contribution >= 4 is 15.9 Å². The third-order valence-electron chi connectivity index (χ3n) is 5.46. The van der Waals surface area contributed by atoms with E-state index in [1.165, 1.54) is 5.56 Å². The first-order chi connectivity index (χ1) is 13.7. The van der Waals surface area contributed by atoms with Gasteiger partial charge in [0.05, 0.1) is 10.9 Å². The van der Waals surface area contributed by atoms with Gasteiger partial charge in [-0.1, -0.05) is 48.5 Å². The second kappa shape index (κ2) is 10.0. The maximum atomic E-state index is 12.7. The van der Waals surface area contributed by atoms with Crippen molar-refractivity contribution in [1.29, 1.82) is 0 Å². The van der Waals surface area contributed by atoms with Crippen LogP contribution in [-0.4, -0.2) is 62.3 Å². The summed E-state index contributed by atoms with van der Waals surface area (Å²) < 4.78 is 25.4. The maximum Gasteiger partial charge on any atom is 0.414 e. The fourth-order valence-electron chi connectivity index (χ4n) is 3.46. The number of hydrogen-bond donors (Lipinski definition) is 1. The number of hydrogen-bond acceptors (Lipinski definition) is 4. The number of rotatable bonds is 10. The van der Waals surface area contributed by atoms with Crippen molar-refractivity contribution in [2.24, 2.45) is 5.73 Å². The van der Waals surface area contributed by atoms with Gasteiger partial charge in [-0.3, -0.25) is 4.90 Å². The van der Waals surface area contributed by atoms with Crippen LogP contribution in [0.2, 0.25) is 0 Å². The molecule has 0 bridgehead atoms. The average Bonchev–Trinajstić information content (AvgIpc) is 2.69. The maximum absolute atomic E-state index is 12.7. The Labute approximate surface area is 174 Å². The molecule has 0 fully saturated rings. The van der Waals surface area contributed by atoms with E-state index in [2.05, 4.69) is 17.0 Å². The van der Waals surface area contributed by atoms with Crippen LogP contribution in [0.1, 0.15) is 19.4 Å². The Morgan fingerprint density at radius 2 is 1.55 bits per heavy atom. The number of sulfone groups is 1. The van der Waals surface area contributed by atoms with E-state index >= 15 is 0 Å². The molecule has 0 radical (unpaired) electrons. The summed E-state index contributed by atoms with van der Waals surface area (Å²) in [5.74, 6) is -0.124. The van der Waals surface area contributed by atoms with Gasteiger partial charge in [-0.25, -0.2) is 17.7 Å². The summed E-state index contributed by atoms with van der Waals surface area (Å²) in [6, 6.07) is 17.8. The van der Waals surface area contributed by atoms with Gasteiger partial charge in [-0.15, -0.1) is 0 Å². The molecule has 0 aliphatic heterocycles. The van der Waals surface area contributed by atoms with Gasteiger partial charge in [-0.2, -0.15) is 0 Å². The van der Waals surface area contributed by atoms with Crippen molar-refractivity contribution in [1.82, 2.24) is 4.90 Å². The largest absolute Gasteiger partial charge is 0.414 e. The number of nitrogens with two attached hydrogens (primary N) is 1. The van der Waals surface area contributed by atoms with Crippen LogP contribution in [0.15, 0.2) is 65.6 Å². The van der Waals surface area contributed by atoms with E-state index in [0.29, 0.717) is 13.1 Å². The highest BCUT2D eigenvalue weighted by Gasteiger charge is 2.39. The lowest BCUT2D eigenvalue weighted by Gasteiger charge is -2.38. The summed E-state index contributed by atoms with van der Waals surface area (Å²) in [7, 11) is -1.49. The molecule has 0 aromatic heterocycles. The summed E-state index contributed by atoms with van der Waals surface area (Å²) in [6.07, 6.45) is 0. The summed E-state index contributed by atoms with van der Waals surface area (Å²) in [5.41, 5.74) is 6.98. The molecule has 0 spiro atoms. The molecular formula is C22H32N3O3S+. The van der Waals surface area contributed by atoms with E-state index in [9.17, 15) is 13.2 Å².